The number of hydrogen-bond acceptors (Lipinski definition) is 4. The lowest BCUT2D eigenvalue weighted by atomic mass is 10.2. The van der Waals surface area contributed by atoms with E-state index in [0.29, 0.717) is 19.7 Å². The molecule has 21 heavy (non-hydrogen) atoms. The van der Waals surface area contributed by atoms with Gasteiger partial charge in [-0.25, -0.2) is 9.78 Å². The molecule has 6 nitrogen and oxygen atoms in total. The Bertz CT molecular complexity index is 638. The van der Waals surface area contributed by atoms with Gasteiger partial charge in [-0.2, -0.15) is 0 Å². The Kier molecular flexibility index (Phi) is 3.77. The van der Waals surface area contributed by atoms with Gasteiger partial charge in [0.2, 0.25) is 0 Å². The maximum absolute atomic E-state index is 11.6. The molecule has 1 aromatic carbocycles. The summed E-state index contributed by atoms with van der Waals surface area (Å²) >= 11 is 0. The molecule has 1 aliphatic heterocycles. The Morgan fingerprint density at radius 3 is 3.10 bits per heavy atom. The molecular formula is C15H18N4O2. The highest BCUT2D eigenvalue weighted by Gasteiger charge is 2.23. The predicted molar refractivity (Wildman–Crippen MR) is 80.4 cm³/mol. The number of anilines is 2. The average molecular weight is 286 g/mol. The monoisotopic (exact) mass is 286 g/mol. The number of amides is 1. The molecule has 0 atom stereocenters. The van der Waals surface area contributed by atoms with E-state index in [1.54, 1.807) is 4.90 Å². The molecular weight excluding hydrogens is 268 g/mol. The summed E-state index contributed by atoms with van der Waals surface area (Å²) in [4.78, 5) is 17.4. The van der Waals surface area contributed by atoms with Gasteiger partial charge in [0.1, 0.15) is 6.61 Å². The molecule has 1 N–H and O–H groups in total. The summed E-state index contributed by atoms with van der Waals surface area (Å²) in [5.74, 6) is 0. The fourth-order valence-corrected chi connectivity index (χ4v) is 2.38. The van der Waals surface area contributed by atoms with Crippen molar-refractivity contribution in [1.82, 2.24) is 9.55 Å². The maximum atomic E-state index is 11.6. The first-order chi connectivity index (χ1) is 10.3. The smallest absolute Gasteiger partial charge is 0.414 e. The van der Waals surface area contributed by atoms with Crippen LogP contribution in [0.4, 0.5) is 16.2 Å². The second kappa shape index (κ2) is 5.87. The zero-order valence-electron chi connectivity index (χ0n) is 12.0. The third kappa shape index (κ3) is 2.84. The molecule has 2 heterocycles. The minimum atomic E-state index is -0.281. The molecule has 0 radical (unpaired) electrons. The number of carbonyl (C=O) groups excluding carboxylic acids is 1. The van der Waals surface area contributed by atoms with E-state index in [4.69, 9.17) is 4.74 Å². The lowest BCUT2D eigenvalue weighted by molar-refractivity contribution is 0.181. The molecule has 0 aliphatic carbocycles. The first-order valence-electron chi connectivity index (χ1n) is 7.05. The van der Waals surface area contributed by atoms with Crippen molar-refractivity contribution in [2.75, 3.05) is 23.4 Å². The van der Waals surface area contributed by atoms with Gasteiger partial charge in [0.25, 0.3) is 0 Å². The van der Waals surface area contributed by atoms with Crippen molar-refractivity contribution in [3.8, 4) is 0 Å². The summed E-state index contributed by atoms with van der Waals surface area (Å²) in [5.41, 5.74) is 2.95. The topological polar surface area (TPSA) is 59.4 Å². The number of nitrogens with one attached hydrogen (secondary N) is 1. The fourth-order valence-electron chi connectivity index (χ4n) is 2.38. The summed E-state index contributed by atoms with van der Waals surface area (Å²) in [7, 11) is 0. The number of nitrogens with zero attached hydrogens (tertiary/aromatic N) is 3. The quantitative estimate of drug-likeness (QED) is 0.917. The number of benzene rings is 1. The minimum Gasteiger partial charge on any atom is -0.447 e. The number of cyclic esters (lactones) is 1. The summed E-state index contributed by atoms with van der Waals surface area (Å²) in [6, 6.07) is 7.78. The third-order valence-electron chi connectivity index (χ3n) is 3.53. The second-order valence-electron chi connectivity index (χ2n) is 4.84. The SMILES string of the molecule is CCn1cncc1CNc1cccc(N2CCOC2=O)c1. The van der Waals surface area contributed by atoms with Gasteiger partial charge in [0.15, 0.2) is 0 Å². The number of imidazole rings is 1. The van der Waals surface area contributed by atoms with Crippen LogP contribution in [0.25, 0.3) is 0 Å². The molecule has 2 aromatic rings. The van der Waals surface area contributed by atoms with Crippen LogP contribution < -0.4 is 10.2 Å². The van der Waals surface area contributed by atoms with E-state index in [1.165, 1.54) is 0 Å². The number of rotatable bonds is 5. The fraction of sp³-hybridized carbons (Fsp3) is 0.333. The first-order valence-corrected chi connectivity index (χ1v) is 7.05. The molecule has 1 aromatic heterocycles. The van der Waals surface area contributed by atoms with Gasteiger partial charge < -0.3 is 14.6 Å². The van der Waals surface area contributed by atoms with Crippen LogP contribution >= 0.6 is 0 Å². The largest absolute Gasteiger partial charge is 0.447 e. The van der Waals surface area contributed by atoms with Crippen LogP contribution in [0.2, 0.25) is 0 Å². The predicted octanol–water partition coefficient (Wildman–Crippen LogP) is 2.47. The van der Waals surface area contributed by atoms with E-state index in [1.807, 2.05) is 36.8 Å². The van der Waals surface area contributed by atoms with Crippen molar-refractivity contribution in [3.63, 3.8) is 0 Å². The van der Waals surface area contributed by atoms with E-state index in [9.17, 15) is 4.79 Å². The normalized spacial score (nSPS) is 14.3. The molecule has 1 amide bonds. The Morgan fingerprint density at radius 2 is 2.33 bits per heavy atom. The Hall–Kier alpha value is -2.50. The first kappa shape index (κ1) is 13.5. The van der Waals surface area contributed by atoms with E-state index in [-0.39, 0.29) is 6.09 Å². The number of aromatic nitrogens is 2. The second-order valence-corrected chi connectivity index (χ2v) is 4.84. The summed E-state index contributed by atoms with van der Waals surface area (Å²) in [6.45, 7) is 4.74. The van der Waals surface area contributed by atoms with E-state index in [0.717, 1.165) is 23.6 Å². The van der Waals surface area contributed by atoms with Gasteiger partial charge in [-0.05, 0) is 25.1 Å². The lowest BCUT2D eigenvalue weighted by Crippen LogP contribution is -2.23. The van der Waals surface area contributed by atoms with Crippen LogP contribution in [0.1, 0.15) is 12.6 Å². The van der Waals surface area contributed by atoms with Gasteiger partial charge >= 0.3 is 6.09 Å². The molecule has 6 heteroatoms. The standard InChI is InChI=1S/C15H18N4O2/c1-2-18-11-16-9-14(18)10-17-12-4-3-5-13(8-12)19-6-7-21-15(19)20/h3-5,8-9,11,17H,2,6-7,10H2,1H3. The minimum absolute atomic E-state index is 0.281. The molecule has 1 fully saturated rings. The molecule has 1 saturated heterocycles. The third-order valence-corrected chi connectivity index (χ3v) is 3.53. The molecule has 3 rings (SSSR count). The highest BCUT2D eigenvalue weighted by atomic mass is 16.6. The molecule has 0 unspecified atom stereocenters. The van der Waals surface area contributed by atoms with E-state index in [2.05, 4.69) is 21.8 Å². The van der Waals surface area contributed by atoms with E-state index < -0.39 is 0 Å². The lowest BCUT2D eigenvalue weighted by Gasteiger charge is -2.15. The van der Waals surface area contributed by atoms with Crippen LogP contribution in [0, 0.1) is 0 Å². The Labute approximate surface area is 123 Å². The van der Waals surface area contributed by atoms with Crippen LogP contribution in [-0.4, -0.2) is 28.8 Å². The van der Waals surface area contributed by atoms with Crippen LogP contribution in [0.3, 0.4) is 0 Å². The van der Waals surface area contributed by atoms with Crippen molar-refractivity contribution in [3.05, 3.63) is 42.5 Å². The zero-order valence-corrected chi connectivity index (χ0v) is 12.0. The van der Waals surface area contributed by atoms with Crippen LogP contribution in [0.15, 0.2) is 36.8 Å². The van der Waals surface area contributed by atoms with Gasteiger partial charge in [-0.3, -0.25) is 4.90 Å². The number of aryl methyl sites for hydroxylation is 1. The Morgan fingerprint density at radius 1 is 1.43 bits per heavy atom. The summed E-state index contributed by atoms with van der Waals surface area (Å²) in [6.07, 6.45) is 3.41. The highest BCUT2D eigenvalue weighted by Crippen LogP contribution is 2.22. The van der Waals surface area contributed by atoms with Gasteiger partial charge in [-0.15, -0.1) is 0 Å². The van der Waals surface area contributed by atoms with Gasteiger partial charge in [0, 0.05) is 24.1 Å². The average Bonchev–Trinajstić information content (AvgIpc) is 3.13. The maximum Gasteiger partial charge on any atom is 0.414 e. The molecule has 110 valence electrons. The Balaban J connectivity index is 1.70. The number of carbonyl (C=O) groups is 1. The van der Waals surface area contributed by atoms with Crippen LogP contribution in [0.5, 0.6) is 0 Å². The summed E-state index contributed by atoms with van der Waals surface area (Å²) < 4.78 is 7.06. The summed E-state index contributed by atoms with van der Waals surface area (Å²) in [5, 5.41) is 3.36. The number of hydrogen-bond donors (Lipinski definition) is 1. The van der Waals surface area contributed by atoms with E-state index >= 15 is 0 Å². The molecule has 0 spiro atoms. The van der Waals surface area contributed by atoms with Crippen molar-refractivity contribution in [1.29, 1.82) is 0 Å². The van der Waals surface area contributed by atoms with Crippen molar-refractivity contribution >= 4 is 17.5 Å². The highest BCUT2D eigenvalue weighted by molar-refractivity contribution is 5.89. The molecule has 0 bridgehead atoms. The van der Waals surface area contributed by atoms with Crippen LogP contribution in [-0.2, 0) is 17.8 Å². The number of ether oxygens (including phenoxy) is 1. The van der Waals surface area contributed by atoms with Crippen molar-refractivity contribution in [2.45, 2.75) is 20.0 Å². The van der Waals surface area contributed by atoms with Crippen molar-refractivity contribution < 1.29 is 9.53 Å². The molecule has 0 saturated carbocycles. The van der Waals surface area contributed by atoms with Crippen molar-refractivity contribution in [2.24, 2.45) is 0 Å². The molecule has 1 aliphatic rings. The zero-order chi connectivity index (χ0) is 14.7. The van der Waals surface area contributed by atoms with Gasteiger partial charge in [-0.1, -0.05) is 6.07 Å². The van der Waals surface area contributed by atoms with Gasteiger partial charge in [0.05, 0.1) is 25.1 Å².